The van der Waals surface area contributed by atoms with Crippen molar-refractivity contribution in [2.45, 2.75) is 0 Å². The number of hydrogen-bond acceptors (Lipinski definition) is 6. The summed E-state index contributed by atoms with van der Waals surface area (Å²) in [7, 11) is 1.39. The summed E-state index contributed by atoms with van der Waals surface area (Å²) in [5.41, 5.74) is 0.147. The van der Waals surface area contributed by atoms with Gasteiger partial charge in [0.1, 0.15) is 17.1 Å². The molecule has 3 aromatic rings. The van der Waals surface area contributed by atoms with Crippen LogP contribution in [-0.4, -0.2) is 30.9 Å². The average molecular weight is 511 g/mol. The molecule has 1 fully saturated rings. The molecule has 4 amide bonds. The number of amides is 4. The lowest BCUT2D eigenvalue weighted by Crippen LogP contribution is -2.54. The second-order valence-electron chi connectivity index (χ2n) is 7.18. The second-order valence-corrected chi connectivity index (χ2v) is 8.02. The Kier molecular flexibility index (Phi) is 6.86. The minimum absolute atomic E-state index is 0.0670. The van der Waals surface area contributed by atoms with Gasteiger partial charge in [-0.25, -0.2) is 14.5 Å². The van der Waals surface area contributed by atoms with Crippen LogP contribution in [0.25, 0.3) is 6.08 Å². The third kappa shape index (κ3) is 4.89. The summed E-state index contributed by atoms with van der Waals surface area (Å²) < 4.78 is 10.7. The van der Waals surface area contributed by atoms with E-state index in [2.05, 4.69) is 5.32 Å². The van der Waals surface area contributed by atoms with Crippen LogP contribution in [0.15, 0.2) is 72.3 Å². The minimum atomic E-state index is -0.918. The number of nitrogens with zero attached hydrogens (tertiary/aromatic N) is 1. The number of benzene rings is 3. The SMILES string of the molecule is COc1ccccc1N1C(=O)NC(=O)/C(=C/c2ccccc2OC(=O)c2ccc(Cl)cc2Cl)C1=O. The third-order valence-electron chi connectivity index (χ3n) is 5.00. The van der Waals surface area contributed by atoms with Gasteiger partial charge in [0.2, 0.25) is 0 Å². The quantitative estimate of drug-likeness (QED) is 0.227. The fourth-order valence-electron chi connectivity index (χ4n) is 3.35. The van der Waals surface area contributed by atoms with E-state index in [1.54, 1.807) is 36.4 Å². The lowest BCUT2D eigenvalue weighted by molar-refractivity contribution is -0.122. The molecular formula is C25H16Cl2N2O6. The molecule has 0 radical (unpaired) electrons. The van der Waals surface area contributed by atoms with E-state index in [1.807, 2.05) is 0 Å². The number of carbonyl (C=O) groups excluding carboxylic acids is 4. The maximum atomic E-state index is 13.2. The number of imide groups is 2. The van der Waals surface area contributed by atoms with Crippen LogP contribution in [0.2, 0.25) is 10.0 Å². The second kappa shape index (κ2) is 10.0. The van der Waals surface area contributed by atoms with Gasteiger partial charge in [0.25, 0.3) is 11.8 Å². The number of halogens is 2. The summed E-state index contributed by atoms with van der Waals surface area (Å²) in [5, 5.41) is 2.60. The van der Waals surface area contributed by atoms with Crippen molar-refractivity contribution >= 4 is 58.8 Å². The van der Waals surface area contributed by atoms with E-state index < -0.39 is 23.8 Å². The van der Waals surface area contributed by atoms with Crippen LogP contribution < -0.4 is 19.7 Å². The number of ether oxygens (including phenoxy) is 2. The van der Waals surface area contributed by atoms with Crippen molar-refractivity contribution in [1.29, 1.82) is 0 Å². The van der Waals surface area contributed by atoms with Crippen molar-refractivity contribution < 1.29 is 28.7 Å². The molecule has 0 spiro atoms. The molecule has 1 aliphatic heterocycles. The Bertz CT molecular complexity index is 1400. The van der Waals surface area contributed by atoms with Crippen molar-refractivity contribution in [3.63, 3.8) is 0 Å². The number of hydrogen-bond donors (Lipinski definition) is 1. The Morgan fingerprint density at radius 1 is 0.943 bits per heavy atom. The summed E-state index contributed by atoms with van der Waals surface area (Å²) in [5.74, 6) is -2.20. The van der Waals surface area contributed by atoms with Gasteiger partial charge in [0.05, 0.1) is 23.4 Å². The van der Waals surface area contributed by atoms with Crippen LogP contribution in [0.3, 0.4) is 0 Å². The van der Waals surface area contributed by atoms with Crippen molar-refractivity contribution in [3.05, 3.63) is 93.5 Å². The fourth-order valence-corrected chi connectivity index (χ4v) is 3.83. The van der Waals surface area contributed by atoms with Gasteiger partial charge in [0.15, 0.2) is 0 Å². The van der Waals surface area contributed by atoms with Crippen molar-refractivity contribution in [2.24, 2.45) is 0 Å². The van der Waals surface area contributed by atoms with Crippen molar-refractivity contribution in [2.75, 3.05) is 12.0 Å². The molecule has 1 N–H and O–H groups in total. The number of carbonyl (C=O) groups is 4. The number of nitrogens with one attached hydrogen (secondary N) is 1. The molecule has 3 aromatic carbocycles. The van der Waals surface area contributed by atoms with E-state index in [0.717, 1.165) is 4.90 Å². The average Bonchev–Trinajstić information content (AvgIpc) is 2.82. The van der Waals surface area contributed by atoms with Gasteiger partial charge in [-0.2, -0.15) is 0 Å². The molecule has 0 saturated carbocycles. The highest BCUT2D eigenvalue weighted by Gasteiger charge is 2.38. The van der Waals surface area contributed by atoms with Crippen LogP contribution in [-0.2, 0) is 9.59 Å². The predicted molar refractivity (Wildman–Crippen MR) is 130 cm³/mol. The van der Waals surface area contributed by atoms with Gasteiger partial charge < -0.3 is 9.47 Å². The summed E-state index contributed by atoms with van der Waals surface area (Å²) in [6, 6.07) is 16.1. The first-order valence-corrected chi connectivity index (χ1v) is 10.9. The first-order valence-electron chi connectivity index (χ1n) is 10.1. The lowest BCUT2D eigenvalue weighted by atomic mass is 10.1. The summed E-state index contributed by atoms with van der Waals surface area (Å²) in [4.78, 5) is 51.8. The number of urea groups is 1. The van der Waals surface area contributed by atoms with Gasteiger partial charge in [0, 0.05) is 10.6 Å². The van der Waals surface area contributed by atoms with Crippen LogP contribution in [0, 0.1) is 0 Å². The Morgan fingerprint density at radius 3 is 2.34 bits per heavy atom. The molecule has 10 heteroatoms. The highest BCUT2D eigenvalue weighted by molar-refractivity contribution is 6.39. The zero-order valence-corrected chi connectivity index (χ0v) is 19.6. The highest BCUT2D eigenvalue weighted by Crippen LogP contribution is 2.32. The standard InChI is InChI=1S/C25H16Cl2N2O6/c1-34-21-9-5-3-7-19(21)29-23(31)17(22(30)28-25(29)33)12-14-6-2-4-8-20(14)35-24(32)16-11-10-15(26)13-18(16)27/h2-13H,1H3,(H,28,30,33)/b17-12-. The summed E-state index contributed by atoms with van der Waals surface area (Å²) in [6.45, 7) is 0. The van der Waals surface area contributed by atoms with Gasteiger partial charge >= 0.3 is 12.0 Å². The summed E-state index contributed by atoms with van der Waals surface area (Å²) >= 11 is 12.0. The van der Waals surface area contributed by atoms with E-state index in [9.17, 15) is 19.2 Å². The van der Waals surface area contributed by atoms with Gasteiger partial charge in [-0.05, 0) is 42.5 Å². The molecule has 176 valence electrons. The molecular weight excluding hydrogens is 495 g/mol. The molecule has 1 saturated heterocycles. The van der Waals surface area contributed by atoms with E-state index in [1.165, 1.54) is 43.5 Å². The zero-order chi connectivity index (χ0) is 25.1. The Labute approximate surface area is 209 Å². The van der Waals surface area contributed by atoms with Crippen LogP contribution in [0.4, 0.5) is 10.5 Å². The number of anilines is 1. The first kappa shape index (κ1) is 24.0. The monoisotopic (exact) mass is 510 g/mol. The maximum absolute atomic E-state index is 13.2. The molecule has 0 atom stereocenters. The first-order chi connectivity index (χ1) is 16.8. The largest absolute Gasteiger partial charge is 0.495 e. The summed E-state index contributed by atoms with van der Waals surface area (Å²) in [6.07, 6.45) is 1.23. The normalized spacial score (nSPS) is 14.7. The molecule has 0 aromatic heterocycles. The van der Waals surface area contributed by atoms with E-state index >= 15 is 0 Å². The molecule has 4 rings (SSSR count). The van der Waals surface area contributed by atoms with Crippen molar-refractivity contribution in [1.82, 2.24) is 5.32 Å². The Balaban J connectivity index is 1.70. The Hall–Kier alpha value is -4.14. The van der Waals surface area contributed by atoms with E-state index in [-0.39, 0.29) is 38.9 Å². The van der Waals surface area contributed by atoms with Crippen LogP contribution >= 0.6 is 23.2 Å². The molecule has 1 aliphatic rings. The zero-order valence-electron chi connectivity index (χ0n) is 18.1. The fraction of sp³-hybridized carbons (Fsp3) is 0.0400. The number of methoxy groups -OCH3 is 1. The molecule has 0 unspecified atom stereocenters. The van der Waals surface area contributed by atoms with Gasteiger partial charge in [-0.1, -0.05) is 53.5 Å². The van der Waals surface area contributed by atoms with E-state index in [4.69, 9.17) is 32.7 Å². The Morgan fingerprint density at radius 2 is 1.63 bits per heavy atom. The number of barbiturate groups is 1. The molecule has 0 aliphatic carbocycles. The number of esters is 1. The van der Waals surface area contributed by atoms with Gasteiger partial charge in [-0.3, -0.25) is 14.9 Å². The van der Waals surface area contributed by atoms with Crippen LogP contribution in [0.1, 0.15) is 15.9 Å². The van der Waals surface area contributed by atoms with Crippen LogP contribution in [0.5, 0.6) is 11.5 Å². The third-order valence-corrected chi connectivity index (χ3v) is 5.55. The topological polar surface area (TPSA) is 102 Å². The van der Waals surface area contributed by atoms with E-state index in [0.29, 0.717) is 5.02 Å². The molecule has 8 nitrogen and oxygen atoms in total. The molecule has 1 heterocycles. The maximum Gasteiger partial charge on any atom is 0.345 e. The minimum Gasteiger partial charge on any atom is -0.495 e. The smallest absolute Gasteiger partial charge is 0.345 e. The molecule has 35 heavy (non-hydrogen) atoms. The highest BCUT2D eigenvalue weighted by atomic mass is 35.5. The predicted octanol–water partition coefficient (Wildman–Crippen LogP) is 4.89. The number of rotatable bonds is 5. The lowest BCUT2D eigenvalue weighted by Gasteiger charge is -2.27. The van der Waals surface area contributed by atoms with Crippen molar-refractivity contribution in [3.8, 4) is 11.5 Å². The van der Waals surface area contributed by atoms with Gasteiger partial charge in [-0.15, -0.1) is 0 Å². The molecule has 0 bridgehead atoms. The number of para-hydroxylation sites is 3.